The highest BCUT2D eigenvalue weighted by Crippen LogP contribution is 2.43. The summed E-state index contributed by atoms with van der Waals surface area (Å²) in [5, 5.41) is 0. The Morgan fingerprint density at radius 3 is 1.50 bits per heavy atom. The molecule has 4 rings (SSSR count). The molecule has 2 aromatic rings. The van der Waals surface area contributed by atoms with Crippen LogP contribution in [0.4, 0.5) is 8.78 Å². The van der Waals surface area contributed by atoms with Crippen molar-refractivity contribution in [1.82, 2.24) is 0 Å². The first-order valence-corrected chi connectivity index (χ1v) is 11.6. The van der Waals surface area contributed by atoms with Gasteiger partial charge in [-0.1, -0.05) is 49.9 Å². The van der Waals surface area contributed by atoms with E-state index in [2.05, 4.69) is 0 Å². The van der Waals surface area contributed by atoms with Crippen LogP contribution in [0.5, 0.6) is 0 Å². The fourth-order valence-electron chi connectivity index (χ4n) is 5.88. The second-order valence-corrected chi connectivity index (χ2v) is 9.36. The summed E-state index contributed by atoms with van der Waals surface area (Å²) >= 11 is 0. The van der Waals surface area contributed by atoms with E-state index in [1.165, 1.54) is 37.8 Å². The SMILES string of the molecule is O=C(C[C@@H](c1cccc(F)c1)C1CCCC1)C[C@@H](c1cccc(F)c1)C1CCCC1. The second-order valence-electron chi connectivity index (χ2n) is 9.36. The maximum absolute atomic E-state index is 13.9. The Morgan fingerprint density at radius 1 is 0.733 bits per heavy atom. The number of hydrogen-bond donors (Lipinski definition) is 0. The molecule has 0 saturated heterocycles. The Labute approximate surface area is 178 Å². The molecule has 0 N–H and O–H groups in total. The minimum absolute atomic E-state index is 0.0902. The van der Waals surface area contributed by atoms with Crippen molar-refractivity contribution in [2.24, 2.45) is 11.8 Å². The van der Waals surface area contributed by atoms with Crippen LogP contribution in [0.3, 0.4) is 0 Å². The minimum atomic E-state index is -0.230. The molecular weight excluding hydrogens is 378 g/mol. The summed E-state index contributed by atoms with van der Waals surface area (Å²) in [6.45, 7) is 0. The van der Waals surface area contributed by atoms with Gasteiger partial charge in [0.15, 0.2) is 0 Å². The van der Waals surface area contributed by atoms with Gasteiger partial charge in [0.05, 0.1) is 0 Å². The normalized spacial score (nSPS) is 19.8. The van der Waals surface area contributed by atoms with E-state index in [0.29, 0.717) is 24.7 Å². The van der Waals surface area contributed by atoms with Gasteiger partial charge in [-0.3, -0.25) is 4.79 Å². The maximum atomic E-state index is 13.9. The van der Waals surface area contributed by atoms with Gasteiger partial charge in [-0.15, -0.1) is 0 Å². The van der Waals surface area contributed by atoms with Crippen molar-refractivity contribution in [1.29, 1.82) is 0 Å². The number of hydrogen-bond acceptors (Lipinski definition) is 1. The van der Waals surface area contributed by atoms with Crippen molar-refractivity contribution in [3.8, 4) is 0 Å². The van der Waals surface area contributed by atoms with E-state index in [9.17, 15) is 13.6 Å². The fraction of sp³-hybridized carbons (Fsp3) is 0.519. The first-order chi connectivity index (χ1) is 14.6. The van der Waals surface area contributed by atoms with Gasteiger partial charge in [0.1, 0.15) is 17.4 Å². The molecule has 160 valence electrons. The molecule has 2 aliphatic rings. The molecule has 2 aromatic carbocycles. The van der Waals surface area contributed by atoms with Gasteiger partial charge in [-0.05, 0) is 84.7 Å². The number of carbonyl (C=O) groups excluding carboxylic acids is 1. The van der Waals surface area contributed by atoms with Gasteiger partial charge in [-0.25, -0.2) is 8.78 Å². The van der Waals surface area contributed by atoms with Crippen molar-refractivity contribution >= 4 is 5.78 Å². The summed E-state index contributed by atoms with van der Waals surface area (Å²) in [4.78, 5) is 13.3. The quantitative estimate of drug-likeness (QED) is 0.439. The van der Waals surface area contributed by atoms with Gasteiger partial charge >= 0.3 is 0 Å². The summed E-state index contributed by atoms with van der Waals surface area (Å²) in [7, 11) is 0. The summed E-state index contributed by atoms with van der Waals surface area (Å²) in [5.41, 5.74) is 1.91. The molecular formula is C27H32F2O. The molecule has 2 atom stereocenters. The van der Waals surface area contributed by atoms with Gasteiger partial charge in [0.25, 0.3) is 0 Å². The first kappa shape index (κ1) is 21.2. The molecule has 3 heteroatoms. The van der Waals surface area contributed by atoms with Crippen LogP contribution in [-0.4, -0.2) is 5.78 Å². The topological polar surface area (TPSA) is 17.1 Å². The van der Waals surface area contributed by atoms with Crippen molar-refractivity contribution in [2.45, 2.75) is 76.0 Å². The molecule has 30 heavy (non-hydrogen) atoms. The van der Waals surface area contributed by atoms with E-state index in [0.717, 1.165) is 36.8 Å². The molecule has 0 heterocycles. The van der Waals surface area contributed by atoms with Gasteiger partial charge in [-0.2, -0.15) is 0 Å². The number of ketones is 1. The van der Waals surface area contributed by atoms with E-state index in [1.54, 1.807) is 24.3 Å². The molecule has 0 bridgehead atoms. The van der Waals surface area contributed by atoms with Crippen LogP contribution in [0.25, 0.3) is 0 Å². The van der Waals surface area contributed by atoms with E-state index in [4.69, 9.17) is 0 Å². The molecule has 0 spiro atoms. The van der Waals surface area contributed by atoms with E-state index < -0.39 is 0 Å². The van der Waals surface area contributed by atoms with Crippen molar-refractivity contribution < 1.29 is 13.6 Å². The summed E-state index contributed by atoms with van der Waals surface area (Å²) in [6, 6.07) is 13.6. The van der Waals surface area contributed by atoms with Crippen LogP contribution in [0.15, 0.2) is 48.5 Å². The predicted octanol–water partition coefficient (Wildman–Crippen LogP) is 7.56. The van der Waals surface area contributed by atoms with E-state index >= 15 is 0 Å². The fourth-order valence-corrected chi connectivity index (χ4v) is 5.88. The highest BCUT2D eigenvalue weighted by Gasteiger charge is 2.32. The second kappa shape index (κ2) is 9.85. The summed E-state index contributed by atoms with van der Waals surface area (Å²) in [6.07, 6.45) is 10.2. The Balaban J connectivity index is 1.53. The van der Waals surface area contributed by atoms with Crippen LogP contribution >= 0.6 is 0 Å². The zero-order valence-electron chi connectivity index (χ0n) is 17.7. The lowest BCUT2D eigenvalue weighted by molar-refractivity contribution is -0.120. The van der Waals surface area contributed by atoms with Gasteiger partial charge in [0.2, 0.25) is 0 Å². The zero-order valence-corrected chi connectivity index (χ0v) is 17.7. The Hall–Kier alpha value is -2.03. The largest absolute Gasteiger partial charge is 0.300 e. The van der Waals surface area contributed by atoms with Gasteiger partial charge < -0.3 is 0 Å². The Bertz CT molecular complexity index is 780. The maximum Gasteiger partial charge on any atom is 0.134 e. The number of Topliss-reactive ketones (excluding diaryl/α,β-unsaturated/α-hetero) is 1. The number of carbonyl (C=O) groups is 1. The van der Waals surface area contributed by atoms with Gasteiger partial charge in [0, 0.05) is 12.8 Å². The van der Waals surface area contributed by atoms with Crippen LogP contribution < -0.4 is 0 Å². The molecule has 2 saturated carbocycles. The highest BCUT2D eigenvalue weighted by atomic mass is 19.1. The molecule has 0 aromatic heterocycles. The number of halogens is 2. The standard InChI is InChI=1S/C27H32F2O/c28-23-13-5-11-21(15-23)26(19-7-1-2-8-19)17-25(30)18-27(20-9-3-4-10-20)22-12-6-14-24(29)16-22/h5-6,11-16,19-20,26-27H,1-4,7-10,17-18H2/t26-,27-/m1/s1. The van der Waals surface area contributed by atoms with Crippen LogP contribution in [0, 0.1) is 23.5 Å². The summed E-state index contributed by atoms with van der Waals surface area (Å²) in [5.74, 6) is 0.861. The lowest BCUT2D eigenvalue weighted by atomic mass is 9.77. The molecule has 0 aliphatic heterocycles. The monoisotopic (exact) mass is 410 g/mol. The Kier molecular flexibility index (Phi) is 6.97. The number of benzene rings is 2. The third kappa shape index (κ3) is 5.17. The van der Waals surface area contributed by atoms with Crippen molar-refractivity contribution in [3.63, 3.8) is 0 Å². The lowest BCUT2D eigenvalue weighted by Crippen LogP contribution is -2.19. The minimum Gasteiger partial charge on any atom is -0.300 e. The number of rotatable bonds is 8. The average Bonchev–Trinajstić information content (AvgIpc) is 3.44. The summed E-state index contributed by atoms with van der Waals surface area (Å²) < 4.78 is 27.8. The van der Waals surface area contributed by atoms with Crippen LogP contribution in [0.2, 0.25) is 0 Å². The first-order valence-electron chi connectivity index (χ1n) is 11.6. The predicted molar refractivity (Wildman–Crippen MR) is 116 cm³/mol. The lowest BCUT2D eigenvalue weighted by Gasteiger charge is -2.27. The smallest absolute Gasteiger partial charge is 0.134 e. The van der Waals surface area contributed by atoms with Crippen molar-refractivity contribution in [2.75, 3.05) is 0 Å². The molecule has 2 fully saturated rings. The van der Waals surface area contributed by atoms with Crippen LogP contribution in [-0.2, 0) is 4.79 Å². The van der Waals surface area contributed by atoms with Crippen molar-refractivity contribution in [3.05, 3.63) is 71.3 Å². The van der Waals surface area contributed by atoms with Crippen LogP contribution in [0.1, 0.15) is 87.2 Å². The third-order valence-electron chi connectivity index (χ3n) is 7.39. The molecule has 2 aliphatic carbocycles. The average molecular weight is 411 g/mol. The molecule has 0 unspecified atom stereocenters. The van der Waals surface area contributed by atoms with E-state index in [-0.39, 0.29) is 29.3 Å². The highest BCUT2D eigenvalue weighted by molar-refractivity contribution is 5.80. The Morgan fingerprint density at radius 2 is 1.13 bits per heavy atom. The molecule has 0 amide bonds. The third-order valence-corrected chi connectivity index (χ3v) is 7.39. The molecule has 0 radical (unpaired) electrons. The zero-order chi connectivity index (χ0) is 20.9. The molecule has 1 nitrogen and oxygen atoms in total. The van der Waals surface area contributed by atoms with E-state index in [1.807, 2.05) is 12.1 Å².